The van der Waals surface area contributed by atoms with Gasteiger partial charge in [-0.3, -0.25) is 0 Å². The first kappa shape index (κ1) is 30.9. The van der Waals surface area contributed by atoms with Crippen molar-refractivity contribution in [3.63, 3.8) is 0 Å². The van der Waals surface area contributed by atoms with Gasteiger partial charge in [-0.2, -0.15) is 6.07 Å². The number of fused-ring (bicyclic) bond motifs is 1. The molecule has 0 amide bonds. The third-order valence-electron chi connectivity index (χ3n) is 5.75. The summed E-state index contributed by atoms with van der Waals surface area (Å²) in [6.07, 6.45) is 13.9. The van der Waals surface area contributed by atoms with E-state index in [0.29, 0.717) is 0 Å². The van der Waals surface area contributed by atoms with E-state index in [0.717, 1.165) is 0 Å². The molecule has 0 nitrogen and oxygen atoms in total. The molecule has 0 saturated carbocycles. The topological polar surface area (TPSA) is 0 Å². The Morgan fingerprint density at radius 3 is 1.90 bits per heavy atom. The smallest absolute Gasteiger partial charge is 1.00 e. The van der Waals surface area contributed by atoms with Crippen molar-refractivity contribution in [1.29, 1.82) is 0 Å². The molecule has 4 heteroatoms. The van der Waals surface area contributed by atoms with Gasteiger partial charge in [0.1, 0.15) is 0 Å². The van der Waals surface area contributed by atoms with Crippen molar-refractivity contribution in [3.8, 4) is 11.1 Å². The fraction of sp³-hybridized carbons (Fsp3) is 0.444. The largest absolute Gasteiger partial charge is 3.00 e. The number of halogens is 2. The molecule has 0 heterocycles. The third-order valence-corrected chi connectivity index (χ3v) is 8.45. The van der Waals surface area contributed by atoms with Gasteiger partial charge in [-0.1, -0.05) is 102 Å². The van der Waals surface area contributed by atoms with Crippen molar-refractivity contribution in [2.75, 3.05) is 12.3 Å². The summed E-state index contributed by atoms with van der Waals surface area (Å²) in [6.45, 7) is 4.62. The Hall–Kier alpha value is -0.0569. The van der Waals surface area contributed by atoms with Crippen LogP contribution in [0.1, 0.15) is 65.2 Å². The van der Waals surface area contributed by atoms with Gasteiger partial charge in [-0.05, 0) is 30.7 Å². The summed E-state index contributed by atoms with van der Waals surface area (Å²) in [5.74, 6) is 0. The van der Waals surface area contributed by atoms with E-state index in [9.17, 15) is 0 Å². The summed E-state index contributed by atoms with van der Waals surface area (Å²) in [7, 11) is -0.0171. The Bertz CT molecular complexity index is 820. The minimum absolute atomic E-state index is 0. The molecule has 0 bridgehead atoms. The Morgan fingerprint density at radius 2 is 1.32 bits per heavy atom. The molecule has 3 rings (SSSR count). The van der Waals surface area contributed by atoms with Gasteiger partial charge in [0.05, 0.1) is 0 Å². The van der Waals surface area contributed by atoms with Crippen molar-refractivity contribution >= 4 is 24.0 Å². The van der Waals surface area contributed by atoms with Gasteiger partial charge < -0.3 is 24.8 Å². The van der Waals surface area contributed by atoms with Crippen LogP contribution in [0.4, 0.5) is 0 Å². The molecule has 0 N–H and O–H groups in total. The van der Waals surface area contributed by atoms with Crippen LogP contribution in [-0.4, -0.2) is 12.3 Å². The third kappa shape index (κ3) is 9.37. The maximum absolute atomic E-state index is 2.53. The molecule has 31 heavy (non-hydrogen) atoms. The van der Waals surface area contributed by atoms with Crippen LogP contribution in [0.25, 0.3) is 21.9 Å². The zero-order chi connectivity index (χ0) is 19.6. The first-order valence-electron chi connectivity index (χ1n) is 11.3. The first-order valence-corrected chi connectivity index (χ1v) is 13.0. The number of hydrogen-bond donors (Lipinski definition) is 0. The second kappa shape index (κ2) is 17.4. The van der Waals surface area contributed by atoms with E-state index in [-0.39, 0.29) is 58.9 Å². The van der Waals surface area contributed by atoms with Gasteiger partial charge in [0, 0.05) is 0 Å². The summed E-state index contributed by atoms with van der Waals surface area (Å²) in [5.41, 5.74) is 2.72. The summed E-state index contributed by atoms with van der Waals surface area (Å²) in [5, 5.41) is 4.51. The molecule has 0 aliphatic rings. The van der Waals surface area contributed by atoms with Crippen molar-refractivity contribution in [2.45, 2.75) is 65.2 Å². The molecule has 3 aromatic rings. The van der Waals surface area contributed by atoms with E-state index in [1.54, 1.807) is 5.30 Å². The SMILES string of the molecule is CCCCCCP(CCCCCC)c1cc2c(-c3ccccc3)cccc2[cH-]1.[Cl-].[Cl-].[Zr+3]. The van der Waals surface area contributed by atoms with Crippen LogP contribution in [0.2, 0.25) is 0 Å². The number of benzene rings is 2. The van der Waals surface area contributed by atoms with Gasteiger partial charge in [0.15, 0.2) is 0 Å². The zero-order valence-corrected chi connectivity index (χ0v) is 23.9. The van der Waals surface area contributed by atoms with Gasteiger partial charge in [0.25, 0.3) is 0 Å². The zero-order valence-electron chi connectivity index (χ0n) is 19.0. The Morgan fingerprint density at radius 1 is 0.710 bits per heavy atom. The number of rotatable bonds is 12. The molecule has 0 saturated heterocycles. The summed E-state index contributed by atoms with van der Waals surface area (Å²) in [4.78, 5) is 0. The first-order chi connectivity index (χ1) is 13.8. The van der Waals surface area contributed by atoms with Gasteiger partial charge in [0.2, 0.25) is 0 Å². The fourth-order valence-corrected chi connectivity index (χ4v) is 6.68. The van der Waals surface area contributed by atoms with Gasteiger partial charge in [-0.25, -0.2) is 0 Å². The molecule has 0 aromatic heterocycles. The van der Waals surface area contributed by atoms with Crippen LogP contribution >= 0.6 is 7.92 Å². The van der Waals surface area contributed by atoms with Crippen LogP contribution in [0.3, 0.4) is 0 Å². The minimum atomic E-state index is -0.0171. The normalized spacial score (nSPS) is 10.4. The average Bonchev–Trinajstić information content (AvgIpc) is 3.17. The Labute approximate surface area is 223 Å². The van der Waals surface area contributed by atoms with Crippen LogP contribution in [0, 0.1) is 0 Å². The molecule has 167 valence electrons. The molecule has 0 fully saturated rings. The van der Waals surface area contributed by atoms with Crippen molar-refractivity contribution in [2.24, 2.45) is 0 Å². The quantitative estimate of drug-likeness (QED) is 0.184. The molecular weight excluding hydrogens is 517 g/mol. The monoisotopic (exact) mass is 551 g/mol. The molecule has 3 aromatic carbocycles. The molecule has 0 aliphatic heterocycles. The van der Waals surface area contributed by atoms with Crippen molar-refractivity contribution in [1.82, 2.24) is 0 Å². The summed E-state index contributed by atoms with van der Waals surface area (Å²) >= 11 is 0. The average molecular weight is 554 g/mol. The predicted molar refractivity (Wildman–Crippen MR) is 130 cm³/mol. The molecule has 0 atom stereocenters. The number of unbranched alkanes of at least 4 members (excludes halogenated alkanes) is 6. The number of hydrogen-bond acceptors (Lipinski definition) is 0. The second-order valence-electron chi connectivity index (χ2n) is 8.00. The van der Waals surface area contributed by atoms with E-state index in [1.165, 1.54) is 85.6 Å². The Kier molecular flexibility index (Phi) is 17.4. The molecule has 1 radical (unpaired) electrons. The predicted octanol–water partition coefficient (Wildman–Crippen LogP) is 2.50. The molecule has 0 spiro atoms. The van der Waals surface area contributed by atoms with Crippen LogP contribution in [0.15, 0.2) is 60.7 Å². The maximum Gasteiger partial charge on any atom is 3.00 e. The van der Waals surface area contributed by atoms with E-state index in [1.807, 2.05) is 0 Å². The summed E-state index contributed by atoms with van der Waals surface area (Å²) < 4.78 is 0. The molecule has 0 aliphatic carbocycles. The van der Waals surface area contributed by atoms with Crippen molar-refractivity contribution in [3.05, 3.63) is 60.7 Å². The van der Waals surface area contributed by atoms with Crippen LogP contribution in [0.5, 0.6) is 0 Å². The van der Waals surface area contributed by atoms with Gasteiger partial charge >= 0.3 is 26.2 Å². The second-order valence-corrected chi connectivity index (χ2v) is 10.5. The van der Waals surface area contributed by atoms with Crippen LogP contribution < -0.4 is 30.1 Å². The molecule has 0 unspecified atom stereocenters. The molecular formula is C27H36Cl2PZr. The minimum Gasteiger partial charge on any atom is -1.00 e. The van der Waals surface area contributed by atoms with E-state index in [4.69, 9.17) is 0 Å². The van der Waals surface area contributed by atoms with Gasteiger partial charge in [-0.15, -0.1) is 34.3 Å². The maximum atomic E-state index is 2.53. The van der Waals surface area contributed by atoms with Crippen molar-refractivity contribution < 1.29 is 51.0 Å². The van der Waals surface area contributed by atoms with E-state index >= 15 is 0 Å². The fourth-order valence-electron chi connectivity index (χ4n) is 4.10. The van der Waals surface area contributed by atoms with E-state index in [2.05, 4.69) is 74.5 Å². The summed E-state index contributed by atoms with van der Waals surface area (Å²) in [6, 6.07) is 22.7. The Balaban J connectivity index is 0.00000300. The standard InChI is InChI=1S/C27H36P.2ClH.Zr/c1-3-5-7-12-19-28(20-13-8-6-4-2)25-21-24-17-14-18-26(27(24)22-25)23-15-10-9-11-16-23;;;/h9-11,14-18,21-22H,3-8,12-13,19-20H2,1-2H3;2*1H;/q-1;;;+3/p-2. The van der Waals surface area contributed by atoms with E-state index < -0.39 is 0 Å². The van der Waals surface area contributed by atoms with Crippen LogP contribution in [-0.2, 0) is 26.2 Å².